The van der Waals surface area contributed by atoms with E-state index in [4.69, 9.17) is 10.5 Å². The molecule has 4 nitrogen and oxygen atoms in total. The number of fused-ring (bicyclic) bond motifs is 2. The average molecular weight is 324 g/mol. The van der Waals surface area contributed by atoms with Gasteiger partial charge in [-0.15, -0.1) is 0 Å². The molecule has 4 heteroatoms. The molecule has 1 aromatic rings. The minimum absolute atomic E-state index is 0.148. The van der Waals surface area contributed by atoms with Gasteiger partial charge in [-0.05, 0) is 49.8 Å². The van der Waals surface area contributed by atoms with Gasteiger partial charge in [0, 0.05) is 24.3 Å². The van der Waals surface area contributed by atoms with Gasteiger partial charge in [0.15, 0.2) is 5.78 Å². The van der Waals surface area contributed by atoms with Crippen molar-refractivity contribution in [3.05, 3.63) is 48.1 Å². The number of rotatable bonds is 3. The number of benzene rings is 1. The minimum Gasteiger partial charge on any atom is -0.484 e. The van der Waals surface area contributed by atoms with Gasteiger partial charge in [-0.2, -0.15) is 0 Å². The molecule has 0 saturated heterocycles. The lowest BCUT2D eigenvalue weighted by molar-refractivity contribution is 0.0807. The first kappa shape index (κ1) is 15.5. The van der Waals surface area contributed by atoms with Gasteiger partial charge in [0.1, 0.15) is 11.9 Å². The SMILES string of the molecule is NC1CCC(CNc2ccc3c(c2)OC2C=CC=CC2C3=O)CC1. The van der Waals surface area contributed by atoms with Crippen LogP contribution >= 0.6 is 0 Å². The third-order valence-electron chi connectivity index (χ3n) is 5.38. The molecule has 1 saturated carbocycles. The molecule has 2 aliphatic carbocycles. The van der Waals surface area contributed by atoms with E-state index in [-0.39, 0.29) is 17.8 Å². The van der Waals surface area contributed by atoms with E-state index in [1.54, 1.807) is 0 Å². The van der Waals surface area contributed by atoms with Gasteiger partial charge in [0.05, 0.1) is 11.5 Å². The predicted molar refractivity (Wildman–Crippen MR) is 95.4 cm³/mol. The number of allylic oxidation sites excluding steroid dienone is 2. The highest BCUT2D eigenvalue weighted by molar-refractivity contribution is 6.03. The van der Waals surface area contributed by atoms with Gasteiger partial charge in [-0.25, -0.2) is 0 Å². The standard InChI is InChI=1S/C20H24N2O2/c21-14-7-5-13(6-8-14)12-22-15-9-10-17-19(11-15)24-18-4-2-1-3-16(18)20(17)23/h1-4,9-11,13-14,16,18,22H,5-8,12,21H2. The van der Waals surface area contributed by atoms with Crippen LogP contribution in [0, 0.1) is 11.8 Å². The Bertz CT molecular complexity index is 687. The van der Waals surface area contributed by atoms with Crippen LogP contribution in [0.4, 0.5) is 5.69 Å². The molecule has 126 valence electrons. The third-order valence-corrected chi connectivity index (χ3v) is 5.38. The lowest BCUT2D eigenvalue weighted by Gasteiger charge is -2.31. The van der Waals surface area contributed by atoms with Gasteiger partial charge in [-0.3, -0.25) is 4.79 Å². The summed E-state index contributed by atoms with van der Waals surface area (Å²) >= 11 is 0. The van der Waals surface area contributed by atoms with Crippen LogP contribution < -0.4 is 15.8 Å². The molecule has 0 amide bonds. The highest BCUT2D eigenvalue weighted by atomic mass is 16.5. The molecule has 1 aromatic carbocycles. The number of hydrogen-bond donors (Lipinski definition) is 2. The van der Waals surface area contributed by atoms with Crippen LogP contribution in [0.2, 0.25) is 0 Å². The van der Waals surface area contributed by atoms with Crippen molar-refractivity contribution in [2.45, 2.75) is 37.8 Å². The average Bonchev–Trinajstić information content (AvgIpc) is 2.61. The maximum atomic E-state index is 12.6. The summed E-state index contributed by atoms with van der Waals surface area (Å²) in [5.41, 5.74) is 7.67. The van der Waals surface area contributed by atoms with Crippen LogP contribution in [-0.2, 0) is 0 Å². The summed E-state index contributed by atoms with van der Waals surface area (Å²) in [5.74, 6) is 1.33. The molecule has 3 N–H and O–H groups in total. The molecule has 1 fully saturated rings. The molecule has 0 aromatic heterocycles. The Morgan fingerprint density at radius 2 is 1.92 bits per heavy atom. The van der Waals surface area contributed by atoms with Crippen LogP contribution in [0.25, 0.3) is 0 Å². The molecule has 0 radical (unpaired) electrons. The fourth-order valence-corrected chi connectivity index (χ4v) is 3.85. The molecule has 3 aliphatic rings. The van der Waals surface area contributed by atoms with Crippen LogP contribution in [0.5, 0.6) is 5.75 Å². The van der Waals surface area contributed by atoms with Gasteiger partial charge < -0.3 is 15.8 Å². The van der Waals surface area contributed by atoms with E-state index in [9.17, 15) is 4.79 Å². The number of carbonyl (C=O) groups excluding carboxylic acids is 1. The normalized spacial score (nSPS) is 31.1. The Morgan fingerprint density at radius 1 is 1.12 bits per heavy atom. The molecule has 2 atom stereocenters. The summed E-state index contributed by atoms with van der Waals surface area (Å²) in [6.07, 6.45) is 12.2. The fourth-order valence-electron chi connectivity index (χ4n) is 3.85. The van der Waals surface area contributed by atoms with E-state index in [0.717, 1.165) is 25.1 Å². The number of anilines is 1. The first-order chi connectivity index (χ1) is 11.7. The molecule has 4 rings (SSSR count). The fraction of sp³-hybridized carbons (Fsp3) is 0.450. The monoisotopic (exact) mass is 324 g/mol. The Labute approximate surface area is 142 Å². The summed E-state index contributed by atoms with van der Waals surface area (Å²) in [6, 6.07) is 6.22. The van der Waals surface area contributed by atoms with Crippen molar-refractivity contribution in [2.24, 2.45) is 17.6 Å². The number of ether oxygens (including phenoxy) is 1. The van der Waals surface area contributed by atoms with Crippen LogP contribution in [0.15, 0.2) is 42.5 Å². The maximum absolute atomic E-state index is 12.6. The molecule has 1 heterocycles. The zero-order chi connectivity index (χ0) is 16.5. The van der Waals surface area contributed by atoms with Gasteiger partial charge >= 0.3 is 0 Å². The van der Waals surface area contributed by atoms with Gasteiger partial charge in [0.2, 0.25) is 0 Å². The number of Topliss-reactive ketones (excluding diaryl/α,β-unsaturated/α-hetero) is 1. The smallest absolute Gasteiger partial charge is 0.177 e. The van der Waals surface area contributed by atoms with E-state index in [1.807, 2.05) is 42.5 Å². The second kappa shape index (κ2) is 6.44. The van der Waals surface area contributed by atoms with E-state index in [2.05, 4.69) is 5.32 Å². The molecular formula is C20H24N2O2. The molecule has 2 unspecified atom stereocenters. The summed E-state index contributed by atoms with van der Waals surface area (Å²) in [4.78, 5) is 12.6. The Balaban J connectivity index is 1.45. The summed E-state index contributed by atoms with van der Waals surface area (Å²) in [6.45, 7) is 0.953. The first-order valence-corrected chi connectivity index (χ1v) is 8.90. The number of nitrogens with two attached hydrogens (primary N) is 1. The second-order valence-corrected chi connectivity index (χ2v) is 7.11. The highest BCUT2D eigenvalue weighted by Gasteiger charge is 2.35. The number of hydrogen-bond acceptors (Lipinski definition) is 4. The van der Waals surface area contributed by atoms with Crippen molar-refractivity contribution in [1.29, 1.82) is 0 Å². The molecular weight excluding hydrogens is 300 g/mol. The van der Waals surface area contributed by atoms with E-state index < -0.39 is 0 Å². The zero-order valence-electron chi connectivity index (χ0n) is 13.8. The van der Waals surface area contributed by atoms with E-state index >= 15 is 0 Å². The van der Waals surface area contributed by atoms with Crippen molar-refractivity contribution in [3.8, 4) is 5.75 Å². The molecule has 1 aliphatic heterocycles. The summed E-state index contributed by atoms with van der Waals surface area (Å²) < 4.78 is 6.04. The highest BCUT2D eigenvalue weighted by Crippen LogP contribution is 2.35. The minimum atomic E-state index is -0.187. The Hall–Kier alpha value is -2.07. The zero-order valence-corrected chi connectivity index (χ0v) is 13.8. The van der Waals surface area contributed by atoms with E-state index in [0.29, 0.717) is 23.3 Å². The lowest BCUT2D eigenvalue weighted by Crippen LogP contribution is -2.36. The maximum Gasteiger partial charge on any atom is 0.177 e. The van der Waals surface area contributed by atoms with Crippen molar-refractivity contribution < 1.29 is 9.53 Å². The molecule has 0 bridgehead atoms. The predicted octanol–water partition coefficient (Wildman–Crippen LogP) is 3.30. The molecule has 0 spiro atoms. The van der Waals surface area contributed by atoms with Crippen molar-refractivity contribution in [3.63, 3.8) is 0 Å². The van der Waals surface area contributed by atoms with Crippen molar-refractivity contribution in [1.82, 2.24) is 0 Å². The number of carbonyl (C=O) groups is 1. The lowest BCUT2D eigenvalue weighted by atomic mass is 9.86. The number of ketones is 1. The molecule has 24 heavy (non-hydrogen) atoms. The van der Waals surface area contributed by atoms with Crippen LogP contribution in [0.3, 0.4) is 0 Å². The topological polar surface area (TPSA) is 64.3 Å². The number of nitrogens with one attached hydrogen (secondary N) is 1. The Morgan fingerprint density at radius 3 is 2.75 bits per heavy atom. The van der Waals surface area contributed by atoms with Crippen LogP contribution in [-0.4, -0.2) is 24.5 Å². The van der Waals surface area contributed by atoms with E-state index in [1.165, 1.54) is 12.8 Å². The van der Waals surface area contributed by atoms with Crippen molar-refractivity contribution >= 4 is 11.5 Å². The third kappa shape index (κ3) is 2.98. The summed E-state index contributed by atoms with van der Waals surface area (Å²) in [7, 11) is 0. The largest absolute Gasteiger partial charge is 0.484 e. The van der Waals surface area contributed by atoms with Gasteiger partial charge in [-0.1, -0.05) is 18.2 Å². The summed E-state index contributed by atoms with van der Waals surface area (Å²) in [5, 5.41) is 3.50. The first-order valence-electron chi connectivity index (χ1n) is 8.90. The van der Waals surface area contributed by atoms with Crippen molar-refractivity contribution in [2.75, 3.05) is 11.9 Å². The van der Waals surface area contributed by atoms with Gasteiger partial charge in [0.25, 0.3) is 0 Å². The van der Waals surface area contributed by atoms with Crippen LogP contribution in [0.1, 0.15) is 36.0 Å². The second-order valence-electron chi connectivity index (χ2n) is 7.11. The Kier molecular flexibility index (Phi) is 4.15. The quantitative estimate of drug-likeness (QED) is 0.895.